The summed E-state index contributed by atoms with van der Waals surface area (Å²) in [5.74, 6) is 0.560. The van der Waals surface area contributed by atoms with Crippen molar-refractivity contribution < 1.29 is 19.2 Å². The molecule has 0 bridgehead atoms. The fourth-order valence-electron chi connectivity index (χ4n) is 3.23. The van der Waals surface area contributed by atoms with Crippen LogP contribution in [-0.4, -0.2) is 35.2 Å². The van der Waals surface area contributed by atoms with Crippen molar-refractivity contribution in [3.63, 3.8) is 0 Å². The SMILES string of the molecule is COc1cc(C=NNC(=O)CSc2n[nH]c(-c3ccc(C)cc3)[n+]2-c2ccc(Cl)cc2)ccc1[O-]. The Labute approximate surface area is 211 Å². The summed E-state index contributed by atoms with van der Waals surface area (Å²) in [6, 6.07) is 20.0. The van der Waals surface area contributed by atoms with E-state index >= 15 is 0 Å². The lowest BCUT2D eigenvalue weighted by Gasteiger charge is -2.11. The number of nitrogens with zero attached hydrogens (tertiary/aromatic N) is 3. The van der Waals surface area contributed by atoms with Crippen LogP contribution in [-0.2, 0) is 4.79 Å². The van der Waals surface area contributed by atoms with Crippen molar-refractivity contribution in [3.8, 4) is 28.6 Å². The van der Waals surface area contributed by atoms with Crippen LogP contribution in [0.4, 0.5) is 0 Å². The Morgan fingerprint density at radius 1 is 1.20 bits per heavy atom. The second-order valence-electron chi connectivity index (χ2n) is 7.52. The van der Waals surface area contributed by atoms with Crippen molar-refractivity contribution in [2.75, 3.05) is 12.9 Å². The van der Waals surface area contributed by atoms with Crippen LogP contribution >= 0.6 is 23.4 Å². The van der Waals surface area contributed by atoms with Gasteiger partial charge in [-0.3, -0.25) is 4.79 Å². The number of thioether (sulfide) groups is 1. The number of amides is 1. The molecule has 0 saturated heterocycles. The maximum Gasteiger partial charge on any atom is 0.342 e. The van der Waals surface area contributed by atoms with Gasteiger partial charge in [0, 0.05) is 5.02 Å². The van der Waals surface area contributed by atoms with Gasteiger partial charge in [0.25, 0.3) is 11.7 Å². The fourth-order valence-corrected chi connectivity index (χ4v) is 4.12. The van der Waals surface area contributed by atoms with Gasteiger partial charge < -0.3 is 9.84 Å². The molecule has 0 fully saturated rings. The minimum atomic E-state index is -0.304. The fraction of sp³-hybridized carbons (Fsp3) is 0.120. The molecular weight excluding hydrogens is 486 g/mol. The second kappa shape index (κ2) is 11.1. The molecule has 0 aliphatic carbocycles. The molecule has 0 aliphatic heterocycles. The van der Waals surface area contributed by atoms with E-state index in [0.717, 1.165) is 22.6 Å². The average molecular weight is 508 g/mol. The number of benzene rings is 3. The summed E-state index contributed by atoms with van der Waals surface area (Å²) >= 11 is 7.35. The average Bonchev–Trinajstić information content (AvgIpc) is 3.28. The van der Waals surface area contributed by atoms with E-state index in [-0.39, 0.29) is 23.2 Å². The first-order valence-electron chi connectivity index (χ1n) is 10.6. The van der Waals surface area contributed by atoms with E-state index in [1.54, 1.807) is 24.3 Å². The highest BCUT2D eigenvalue weighted by Crippen LogP contribution is 2.23. The molecule has 4 rings (SSSR count). The van der Waals surface area contributed by atoms with Gasteiger partial charge in [-0.25, -0.2) is 5.43 Å². The molecule has 3 aromatic carbocycles. The lowest BCUT2D eigenvalue weighted by molar-refractivity contribution is -0.625. The summed E-state index contributed by atoms with van der Waals surface area (Å²) in [6.45, 7) is 2.03. The van der Waals surface area contributed by atoms with Gasteiger partial charge >= 0.3 is 5.16 Å². The first-order chi connectivity index (χ1) is 16.9. The van der Waals surface area contributed by atoms with Crippen LogP contribution in [0.25, 0.3) is 17.1 Å². The van der Waals surface area contributed by atoms with E-state index in [0.29, 0.717) is 15.7 Å². The number of aromatic nitrogens is 3. The van der Waals surface area contributed by atoms with Crippen LogP contribution in [0, 0.1) is 6.92 Å². The minimum Gasteiger partial charge on any atom is -0.870 e. The maximum atomic E-state index is 12.4. The first kappa shape index (κ1) is 24.3. The van der Waals surface area contributed by atoms with E-state index < -0.39 is 0 Å². The molecule has 1 amide bonds. The van der Waals surface area contributed by atoms with Crippen molar-refractivity contribution in [1.82, 2.24) is 15.6 Å². The Kier molecular flexibility index (Phi) is 7.69. The zero-order valence-electron chi connectivity index (χ0n) is 19.0. The molecule has 1 aromatic heterocycles. The monoisotopic (exact) mass is 507 g/mol. The maximum absolute atomic E-state index is 12.4. The highest BCUT2D eigenvalue weighted by molar-refractivity contribution is 7.99. The molecule has 4 aromatic rings. The largest absolute Gasteiger partial charge is 0.870 e. The number of hydrogen-bond acceptors (Lipinski definition) is 6. The number of aromatic amines is 1. The zero-order valence-corrected chi connectivity index (χ0v) is 20.6. The molecule has 0 radical (unpaired) electrons. The van der Waals surface area contributed by atoms with Crippen LogP contribution < -0.4 is 19.8 Å². The summed E-state index contributed by atoms with van der Waals surface area (Å²) in [7, 11) is 1.42. The Morgan fingerprint density at radius 2 is 1.94 bits per heavy atom. The number of H-pyrrole nitrogens is 1. The lowest BCUT2D eigenvalue weighted by atomic mass is 10.1. The van der Waals surface area contributed by atoms with Crippen LogP contribution in [0.5, 0.6) is 11.5 Å². The highest BCUT2D eigenvalue weighted by Gasteiger charge is 2.24. The third-order valence-corrected chi connectivity index (χ3v) is 6.20. The number of rotatable bonds is 8. The summed E-state index contributed by atoms with van der Waals surface area (Å²) in [5, 5.41) is 24.3. The predicted molar refractivity (Wildman–Crippen MR) is 134 cm³/mol. The normalized spacial score (nSPS) is 11.1. The van der Waals surface area contributed by atoms with Gasteiger partial charge in [-0.2, -0.15) is 9.67 Å². The van der Waals surface area contributed by atoms with E-state index in [1.165, 1.54) is 31.2 Å². The minimum absolute atomic E-state index is 0.0892. The van der Waals surface area contributed by atoms with Crippen molar-refractivity contribution in [2.45, 2.75) is 12.1 Å². The third kappa shape index (κ3) is 6.00. The van der Waals surface area contributed by atoms with Gasteiger partial charge in [-0.1, -0.05) is 47.2 Å². The lowest BCUT2D eigenvalue weighted by Crippen LogP contribution is -2.34. The number of methoxy groups -OCH3 is 1. The van der Waals surface area contributed by atoms with Crippen LogP contribution in [0.3, 0.4) is 0 Å². The number of hydrogen-bond donors (Lipinski definition) is 2. The van der Waals surface area contributed by atoms with Gasteiger partial charge in [0.1, 0.15) is 11.4 Å². The van der Waals surface area contributed by atoms with E-state index in [9.17, 15) is 9.90 Å². The number of halogens is 1. The number of carbonyl (C=O) groups is 1. The molecule has 0 spiro atoms. The molecule has 178 valence electrons. The van der Waals surface area contributed by atoms with Crippen molar-refractivity contribution in [2.24, 2.45) is 5.10 Å². The van der Waals surface area contributed by atoms with Gasteiger partial charge in [-0.15, -0.1) is 5.10 Å². The summed E-state index contributed by atoms with van der Waals surface area (Å²) < 4.78 is 6.95. The quantitative estimate of drug-likeness (QED) is 0.164. The van der Waals surface area contributed by atoms with Crippen molar-refractivity contribution >= 4 is 35.5 Å². The van der Waals surface area contributed by atoms with Gasteiger partial charge in [0.2, 0.25) is 0 Å². The Hall–Kier alpha value is -3.82. The van der Waals surface area contributed by atoms with Crippen molar-refractivity contribution in [3.05, 3.63) is 82.9 Å². The Bertz CT molecular complexity index is 1350. The summed E-state index contributed by atoms with van der Waals surface area (Å²) in [4.78, 5) is 12.4. The van der Waals surface area contributed by atoms with Gasteiger partial charge in [0.15, 0.2) is 0 Å². The molecule has 0 saturated carbocycles. The molecule has 0 unspecified atom stereocenters. The van der Waals surface area contributed by atoms with Gasteiger partial charge in [-0.05, 0) is 66.7 Å². The number of carbonyl (C=O) groups excluding carboxylic acids is 1. The first-order valence-corrected chi connectivity index (χ1v) is 11.9. The van der Waals surface area contributed by atoms with E-state index in [2.05, 4.69) is 20.7 Å². The topological polar surface area (TPSA) is 106 Å². The van der Waals surface area contributed by atoms with Gasteiger partial charge in [0.05, 0.1) is 29.7 Å². The Balaban J connectivity index is 1.49. The molecule has 0 aliphatic rings. The second-order valence-corrected chi connectivity index (χ2v) is 8.90. The number of ether oxygens (including phenoxy) is 1. The molecule has 2 N–H and O–H groups in total. The summed E-state index contributed by atoms with van der Waals surface area (Å²) in [6.07, 6.45) is 1.45. The molecule has 8 nitrogen and oxygen atoms in total. The van der Waals surface area contributed by atoms with Crippen LogP contribution in [0.15, 0.2) is 77.0 Å². The highest BCUT2D eigenvalue weighted by atomic mass is 35.5. The predicted octanol–water partition coefficient (Wildman–Crippen LogP) is 3.64. The smallest absolute Gasteiger partial charge is 0.342 e. The zero-order chi connectivity index (χ0) is 24.8. The number of aryl methyl sites for hydroxylation is 1. The van der Waals surface area contributed by atoms with Crippen LogP contribution in [0.2, 0.25) is 5.02 Å². The van der Waals surface area contributed by atoms with Crippen molar-refractivity contribution in [1.29, 1.82) is 0 Å². The molecule has 0 atom stereocenters. The standard InChI is InChI=1S/C25H22ClN5O3S/c1-16-3-6-18(7-4-16)24-29-30-25(31(24)20-10-8-19(26)9-11-20)35-15-23(33)28-27-14-17-5-12-21(32)22(13-17)34-2/h3-14H,15H2,1-2H3,(H2,27,28,32,33). The molecule has 10 heteroatoms. The number of hydrazone groups is 1. The molecule has 35 heavy (non-hydrogen) atoms. The van der Waals surface area contributed by atoms with E-state index in [1.807, 2.05) is 47.9 Å². The summed E-state index contributed by atoms with van der Waals surface area (Å²) in [5.41, 5.74) is 6.09. The van der Waals surface area contributed by atoms with Crippen LogP contribution in [0.1, 0.15) is 11.1 Å². The Morgan fingerprint density at radius 3 is 2.66 bits per heavy atom. The number of nitrogens with one attached hydrogen (secondary N) is 2. The molecule has 1 heterocycles. The third-order valence-electron chi connectivity index (χ3n) is 5.01. The van der Waals surface area contributed by atoms with E-state index in [4.69, 9.17) is 16.3 Å². The molecular formula is C25H22ClN5O3S.